The maximum absolute atomic E-state index is 11.8. The Labute approximate surface area is 136 Å². The highest BCUT2D eigenvalue weighted by molar-refractivity contribution is 5.86. The fraction of sp³-hybridized carbons (Fsp3) is 0.333. The van der Waals surface area contributed by atoms with Gasteiger partial charge in [0.15, 0.2) is 0 Å². The minimum Gasteiger partial charge on any atom is -0.444 e. The summed E-state index contributed by atoms with van der Waals surface area (Å²) < 4.78 is 7.41. The fourth-order valence-corrected chi connectivity index (χ4v) is 2.60. The summed E-state index contributed by atoms with van der Waals surface area (Å²) in [5.41, 5.74) is 3.63. The van der Waals surface area contributed by atoms with Crippen molar-refractivity contribution in [3.63, 3.8) is 0 Å². The van der Waals surface area contributed by atoms with Crippen molar-refractivity contribution < 1.29 is 9.53 Å². The highest BCUT2D eigenvalue weighted by atomic mass is 16.6. The van der Waals surface area contributed by atoms with E-state index in [4.69, 9.17) is 4.74 Å². The van der Waals surface area contributed by atoms with Crippen molar-refractivity contribution in [2.45, 2.75) is 39.3 Å². The summed E-state index contributed by atoms with van der Waals surface area (Å²) in [7, 11) is 0. The van der Waals surface area contributed by atoms with Crippen molar-refractivity contribution in [2.24, 2.45) is 0 Å². The van der Waals surface area contributed by atoms with E-state index in [-0.39, 0.29) is 0 Å². The molecular formula is C18H21N3O2. The molecule has 0 bridgehead atoms. The van der Waals surface area contributed by atoms with Gasteiger partial charge in [0.25, 0.3) is 0 Å². The summed E-state index contributed by atoms with van der Waals surface area (Å²) in [6, 6.07) is 7.77. The molecule has 0 spiro atoms. The third-order valence-electron chi connectivity index (χ3n) is 3.55. The molecule has 5 nitrogen and oxygen atoms in total. The van der Waals surface area contributed by atoms with Crippen LogP contribution in [0.5, 0.6) is 0 Å². The van der Waals surface area contributed by atoms with E-state index in [1.165, 1.54) is 5.57 Å². The monoisotopic (exact) mass is 311 g/mol. The molecule has 1 aliphatic rings. The molecule has 3 rings (SSSR count). The second-order valence-corrected chi connectivity index (χ2v) is 6.58. The Morgan fingerprint density at radius 2 is 2.00 bits per heavy atom. The number of anilines is 1. The maximum atomic E-state index is 11.8. The van der Waals surface area contributed by atoms with E-state index in [9.17, 15) is 4.79 Å². The summed E-state index contributed by atoms with van der Waals surface area (Å²) >= 11 is 0. The smallest absolute Gasteiger partial charge is 0.412 e. The highest BCUT2D eigenvalue weighted by Gasteiger charge is 2.17. The minimum atomic E-state index is -0.505. The number of nitrogens with zero attached hydrogens (tertiary/aromatic N) is 2. The number of amides is 1. The average molecular weight is 311 g/mol. The van der Waals surface area contributed by atoms with E-state index in [0.717, 1.165) is 24.2 Å². The van der Waals surface area contributed by atoms with Crippen LogP contribution in [0, 0.1) is 0 Å². The second-order valence-electron chi connectivity index (χ2n) is 6.58. The number of ether oxygens (including phenoxy) is 1. The van der Waals surface area contributed by atoms with E-state index in [2.05, 4.69) is 20.9 Å². The summed E-state index contributed by atoms with van der Waals surface area (Å²) in [4.78, 5) is 16.0. The van der Waals surface area contributed by atoms with E-state index in [1.807, 2.05) is 57.6 Å². The van der Waals surface area contributed by atoms with Crippen LogP contribution in [-0.4, -0.2) is 21.2 Å². The van der Waals surface area contributed by atoms with E-state index < -0.39 is 11.7 Å². The molecule has 23 heavy (non-hydrogen) atoms. The molecule has 0 saturated carbocycles. The molecule has 0 saturated heterocycles. The molecule has 2 aromatic rings. The molecule has 0 unspecified atom stereocenters. The summed E-state index contributed by atoms with van der Waals surface area (Å²) in [5.74, 6) is 0. The van der Waals surface area contributed by atoms with Gasteiger partial charge < -0.3 is 9.30 Å². The predicted octanol–water partition coefficient (Wildman–Crippen LogP) is 4.07. The number of fused-ring (bicyclic) bond motifs is 1. The van der Waals surface area contributed by atoms with Gasteiger partial charge in [0, 0.05) is 17.8 Å². The van der Waals surface area contributed by atoms with Crippen LogP contribution < -0.4 is 5.32 Å². The lowest BCUT2D eigenvalue weighted by Crippen LogP contribution is -2.27. The molecule has 0 radical (unpaired) electrons. The van der Waals surface area contributed by atoms with Gasteiger partial charge in [0.1, 0.15) is 5.60 Å². The van der Waals surface area contributed by atoms with Crippen LogP contribution in [0.2, 0.25) is 0 Å². The number of aromatic nitrogens is 2. The van der Waals surface area contributed by atoms with Crippen LogP contribution in [0.3, 0.4) is 0 Å². The Hall–Kier alpha value is -2.56. The highest BCUT2D eigenvalue weighted by Crippen LogP contribution is 2.28. The molecular weight excluding hydrogens is 290 g/mol. The zero-order chi connectivity index (χ0) is 16.4. The van der Waals surface area contributed by atoms with Crippen LogP contribution in [-0.2, 0) is 11.3 Å². The van der Waals surface area contributed by atoms with Gasteiger partial charge in [-0.1, -0.05) is 18.2 Å². The molecule has 1 aromatic carbocycles. The molecule has 2 heterocycles. The molecule has 0 fully saturated rings. The Bertz CT molecular complexity index is 736. The summed E-state index contributed by atoms with van der Waals surface area (Å²) in [5, 5.41) is 2.74. The van der Waals surface area contributed by atoms with Gasteiger partial charge in [-0.3, -0.25) is 5.32 Å². The van der Waals surface area contributed by atoms with Gasteiger partial charge in [-0.05, 0) is 44.9 Å². The van der Waals surface area contributed by atoms with E-state index in [0.29, 0.717) is 5.69 Å². The molecule has 5 heteroatoms. The Morgan fingerprint density at radius 3 is 2.70 bits per heavy atom. The second kappa shape index (κ2) is 5.91. The van der Waals surface area contributed by atoms with Gasteiger partial charge in [-0.2, -0.15) is 0 Å². The topological polar surface area (TPSA) is 56.1 Å². The lowest BCUT2D eigenvalue weighted by molar-refractivity contribution is 0.0636. The van der Waals surface area contributed by atoms with Crippen LogP contribution in [0.4, 0.5) is 10.5 Å². The minimum absolute atomic E-state index is 0.444. The number of benzene rings is 1. The van der Waals surface area contributed by atoms with Crippen molar-refractivity contribution in [3.05, 3.63) is 54.1 Å². The molecule has 1 amide bonds. The summed E-state index contributed by atoms with van der Waals surface area (Å²) in [6.45, 7) is 6.49. The van der Waals surface area contributed by atoms with Crippen molar-refractivity contribution in [1.29, 1.82) is 0 Å². The SMILES string of the molecule is CC(C)(C)OC(=O)Nc1ccc(C2=CCCn3cncc32)cc1. The quantitative estimate of drug-likeness (QED) is 0.909. The fourth-order valence-electron chi connectivity index (χ4n) is 2.60. The first-order chi connectivity index (χ1) is 10.9. The van der Waals surface area contributed by atoms with Crippen LogP contribution >= 0.6 is 0 Å². The van der Waals surface area contributed by atoms with Gasteiger partial charge in [-0.25, -0.2) is 9.78 Å². The molecule has 1 aromatic heterocycles. The van der Waals surface area contributed by atoms with Crippen LogP contribution in [0.1, 0.15) is 38.4 Å². The largest absolute Gasteiger partial charge is 0.444 e. The first kappa shape index (κ1) is 15.3. The number of allylic oxidation sites excluding steroid dienone is 1. The van der Waals surface area contributed by atoms with Crippen LogP contribution in [0.25, 0.3) is 5.57 Å². The molecule has 1 N–H and O–H groups in total. The first-order valence-electron chi connectivity index (χ1n) is 7.73. The van der Waals surface area contributed by atoms with Gasteiger partial charge in [-0.15, -0.1) is 0 Å². The zero-order valence-electron chi connectivity index (χ0n) is 13.7. The lowest BCUT2D eigenvalue weighted by atomic mass is 9.99. The van der Waals surface area contributed by atoms with Gasteiger partial charge in [0.05, 0.1) is 18.2 Å². The van der Waals surface area contributed by atoms with E-state index >= 15 is 0 Å². The zero-order valence-corrected chi connectivity index (χ0v) is 13.7. The molecule has 1 aliphatic heterocycles. The standard InChI is InChI=1S/C18H21N3O2/c1-18(2,3)23-17(22)20-14-8-6-13(7-9-14)15-5-4-10-21-12-19-11-16(15)21/h5-9,11-12H,4,10H2,1-3H3,(H,20,22). The number of aryl methyl sites for hydroxylation is 1. The van der Waals surface area contributed by atoms with Gasteiger partial charge >= 0.3 is 6.09 Å². The summed E-state index contributed by atoms with van der Waals surface area (Å²) in [6.07, 6.45) is 6.53. The molecule has 0 aliphatic carbocycles. The third-order valence-corrected chi connectivity index (χ3v) is 3.55. The average Bonchev–Trinajstić information content (AvgIpc) is 2.94. The number of imidazole rings is 1. The van der Waals surface area contributed by atoms with Crippen molar-refractivity contribution in [3.8, 4) is 0 Å². The number of rotatable bonds is 2. The molecule has 0 atom stereocenters. The first-order valence-corrected chi connectivity index (χ1v) is 7.73. The number of hydrogen-bond acceptors (Lipinski definition) is 3. The van der Waals surface area contributed by atoms with Crippen molar-refractivity contribution in [1.82, 2.24) is 9.55 Å². The Morgan fingerprint density at radius 1 is 1.26 bits per heavy atom. The Kier molecular flexibility index (Phi) is 3.94. The van der Waals surface area contributed by atoms with Crippen molar-refractivity contribution in [2.75, 3.05) is 5.32 Å². The number of carbonyl (C=O) groups is 1. The lowest BCUT2D eigenvalue weighted by Gasteiger charge is -2.20. The third kappa shape index (κ3) is 3.62. The van der Waals surface area contributed by atoms with Crippen molar-refractivity contribution >= 4 is 17.4 Å². The van der Waals surface area contributed by atoms with Gasteiger partial charge in [0.2, 0.25) is 0 Å². The van der Waals surface area contributed by atoms with Crippen LogP contribution in [0.15, 0.2) is 42.9 Å². The maximum Gasteiger partial charge on any atom is 0.412 e. The van der Waals surface area contributed by atoms with E-state index in [1.54, 1.807) is 0 Å². The predicted molar refractivity (Wildman–Crippen MR) is 90.2 cm³/mol. The number of nitrogens with one attached hydrogen (secondary N) is 1. The number of hydrogen-bond donors (Lipinski definition) is 1. The number of carbonyl (C=O) groups excluding carboxylic acids is 1. The Balaban J connectivity index is 1.73. The normalized spacial score (nSPS) is 14.0. The molecule has 120 valence electrons.